The molecule has 8 nitrogen and oxygen atoms in total. The molecule has 2 aromatic heterocycles. The Morgan fingerprint density at radius 3 is 2.64 bits per heavy atom. The van der Waals surface area contributed by atoms with Gasteiger partial charge in [0.1, 0.15) is 11.4 Å². The number of carbonyl (C=O) groups is 1. The van der Waals surface area contributed by atoms with Crippen LogP contribution in [0.3, 0.4) is 0 Å². The lowest BCUT2D eigenvalue weighted by molar-refractivity contribution is 0.00383. The van der Waals surface area contributed by atoms with Gasteiger partial charge in [-0.15, -0.1) is 0 Å². The molecule has 3 aliphatic rings. The number of hydrogen-bond donors (Lipinski definition) is 1. The van der Waals surface area contributed by atoms with E-state index in [1.165, 1.54) is 0 Å². The number of pyridine rings is 1. The van der Waals surface area contributed by atoms with Crippen LogP contribution >= 0.6 is 0 Å². The molecule has 1 amide bonds. The van der Waals surface area contributed by atoms with Gasteiger partial charge in [-0.3, -0.25) is 14.3 Å². The molecule has 0 radical (unpaired) electrons. The van der Waals surface area contributed by atoms with Crippen LogP contribution in [0.25, 0.3) is 10.9 Å². The van der Waals surface area contributed by atoms with Gasteiger partial charge in [-0.25, -0.2) is 0 Å². The highest BCUT2D eigenvalue weighted by molar-refractivity contribution is 6.08. The monoisotopic (exact) mass is 450 g/mol. The number of fused-ring (bicyclic) bond motifs is 2. The molecule has 6 rings (SSSR count). The number of aromatic nitrogens is 3. The second-order valence-corrected chi connectivity index (χ2v) is 10.1. The number of anilines is 1. The SMILES string of the molecule is CC(C)Oc1cc2nn(C34COC(C)(C3)C4)cc2cc1C(=O)Nc1cccn(C(C)C)c1=O. The van der Waals surface area contributed by atoms with Crippen molar-refractivity contribution in [1.29, 1.82) is 0 Å². The van der Waals surface area contributed by atoms with Crippen molar-refractivity contribution >= 4 is 22.5 Å². The van der Waals surface area contributed by atoms with Gasteiger partial charge < -0.3 is 19.4 Å². The maximum absolute atomic E-state index is 13.3. The van der Waals surface area contributed by atoms with Gasteiger partial charge in [0.05, 0.1) is 34.9 Å². The molecule has 3 aromatic rings. The summed E-state index contributed by atoms with van der Waals surface area (Å²) in [6.45, 7) is 10.4. The molecule has 0 unspecified atom stereocenters. The highest BCUT2D eigenvalue weighted by atomic mass is 16.5. The maximum atomic E-state index is 13.3. The minimum Gasteiger partial charge on any atom is -0.490 e. The minimum absolute atomic E-state index is 0.0105. The summed E-state index contributed by atoms with van der Waals surface area (Å²) in [5.74, 6) is 0.0523. The standard InChI is InChI=1S/C25H30N4O4/c1-15(2)28-8-6-7-19(23(28)31)26-22(30)18-9-17-11-29(25-12-24(5,13-25)32-14-25)27-20(17)10-21(18)33-16(3)4/h6-11,15-16H,12-14H2,1-5H3,(H,26,30). The molecule has 1 aliphatic carbocycles. The zero-order chi connectivity index (χ0) is 23.5. The van der Waals surface area contributed by atoms with E-state index >= 15 is 0 Å². The fraction of sp³-hybridized carbons (Fsp3) is 0.480. The van der Waals surface area contributed by atoms with E-state index in [1.807, 2.05) is 44.6 Å². The molecular formula is C25H30N4O4. The number of amides is 1. The molecule has 0 atom stereocenters. The van der Waals surface area contributed by atoms with Crippen LogP contribution < -0.4 is 15.6 Å². The summed E-state index contributed by atoms with van der Waals surface area (Å²) in [7, 11) is 0. The summed E-state index contributed by atoms with van der Waals surface area (Å²) >= 11 is 0. The number of nitrogens with one attached hydrogen (secondary N) is 1. The van der Waals surface area contributed by atoms with Crippen LogP contribution in [0.1, 0.15) is 63.9 Å². The first-order valence-corrected chi connectivity index (χ1v) is 11.5. The van der Waals surface area contributed by atoms with E-state index in [9.17, 15) is 9.59 Å². The van der Waals surface area contributed by atoms with Crippen molar-refractivity contribution in [2.24, 2.45) is 0 Å². The molecule has 1 N–H and O–H groups in total. The fourth-order valence-corrected chi connectivity index (χ4v) is 5.11. The first-order valence-electron chi connectivity index (χ1n) is 11.5. The van der Waals surface area contributed by atoms with Crippen LogP contribution in [-0.4, -0.2) is 38.6 Å². The number of benzene rings is 1. The lowest BCUT2D eigenvalue weighted by Gasteiger charge is -2.42. The van der Waals surface area contributed by atoms with Gasteiger partial charge >= 0.3 is 0 Å². The lowest BCUT2D eigenvalue weighted by Crippen LogP contribution is -2.49. The van der Waals surface area contributed by atoms with Crippen LogP contribution in [0.5, 0.6) is 5.75 Å². The molecule has 2 aliphatic heterocycles. The van der Waals surface area contributed by atoms with Gasteiger partial charge in [-0.2, -0.15) is 5.10 Å². The Hall–Kier alpha value is -3.13. The normalized spacial score (nSPS) is 23.8. The zero-order valence-corrected chi connectivity index (χ0v) is 19.7. The van der Waals surface area contributed by atoms with Gasteiger partial charge in [0.2, 0.25) is 0 Å². The second kappa shape index (κ2) is 7.45. The Labute approximate surface area is 192 Å². The van der Waals surface area contributed by atoms with Crippen molar-refractivity contribution in [2.45, 2.75) is 70.7 Å². The highest BCUT2D eigenvalue weighted by Gasteiger charge is 2.61. The second-order valence-electron chi connectivity index (χ2n) is 10.1. The fourth-order valence-electron chi connectivity index (χ4n) is 5.11. The van der Waals surface area contributed by atoms with Gasteiger partial charge in [-0.1, -0.05) is 0 Å². The number of ether oxygens (including phenoxy) is 2. The van der Waals surface area contributed by atoms with E-state index in [0.717, 1.165) is 23.7 Å². The maximum Gasteiger partial charge on any atom is 0.274 e. The van der Waals surface area contributed by atoms with Crippen molar-refractivity contribution in [1.82, 2.24) is 14.3 Å². The van der Waals surface area contributed by atoms with Crippen molar-refractivity contribution in [2.75, 3.05) is 11.9 Å². The summed E-state index contributed by atoms with van der Waals surface area (Å²) < 4.78 is 15.5. The van der Waals surface area contributed by atoms with Gasteiger partial charge in [0.15, 0.2) is 0 Å². The third kappa shape index (κ3) is 3.62. The molecule has 174 valence electrons. The van der Waals surface area contributed by atoms with E-state index in [4.69, 9.17) is 14.6 Å². The molecule has 2 saturated heterocycles. The first kappa shape index (κ1) is 21.7. The molecule has 3 fully saturated rings. The lowest BCUT2D eigenvalue weighted by atomic mass is 9.69. The zero-order valence-electron chi connectivity index (χ0n) is 19.7. The van der Waals surface area contributed by atoms with Crippen LogP contribution in [0.2, 0.25) is 0 Å². The number of nitrogens with zero attached hydrogens (tertiary/aromatic N) is 3. The average molecular weight is 451 g/mol. The van der Waals surface area contributed by atoms with E-state index < -0.39 is 5.91 Å². The van der Waals surface area contributed by atoms with Crippen LogP contribution in [-0.2, 0) is 10.3 Å². The number of hydrogen-bond acceptors (Lipinski definition) is 5. The molecule has 0 spiro atoms. The predicted molar refractivity (Wildman–Crippen MR) is 126 cm³/mol. The van der Waals surface area contributed by atoms with Crippen molar-refractivity contribution in [3.8, 4) is 5.75 Å². The number of rotatable bonds is 6. The molecule has 1 aromatic carbocycles. The predicted octanol–water partition coefficient (Wildman–Crippen LogP) is 4.10. The number of carbonyl (C=O) groups excluding carboxylic acids is 1. The van der Waals surface area contributed by atoms with E-state index in [-0.39, 0.29) is 34.5 Å². The molecule has 1 saturated carbocycles. The Balaban J connectivity index is 1.52. The first-order chi connectivity index (χ1) is 15.6. The summed E-state index contributed by atoms with van der Waals surface area (Å²) in [6, 6.07) is 6.96. The Morgan fingerprint density at radius 2 is 2.00 bits per heavy atom. The average Bonchev–Trinajstić information content (AvgIpc) is 3.38. The molecule has 33 heavy (non-hydrogen) atoms. The van der Waals surface area contributed by atoms with E-state index in [1.54, 1.807) is 29.0 Å². The van der Waals surface area contributed by atoms with Crippen molar-refractivity contribution in [3.63, 3.8) is 0 Å². The molecule has 8 heteroatoms. The highest BCUT2D eigenvalue weighted by Crippen LogP contribution is 2.55. The largest absolute Gasteiger partial charge is 0.490 e. The Bertz CT molecular complexity index is 1300. The Morgan fingerprint density at radius 1 is 1.24 bits per heavy atom. The van der Waals surface area contributed by atoms with Crippen LogP contribution in [0.4, 0.5) is 5.69 Å². The van der Waals surface area contributed by atoms with Crippen LogP contribution in [0, 0.1) is 0 Å². The molecule has 4 heterocycles. The van der Waals surface area contributed by atoms with E-state index in [0.29, 0.717) is 17.9 Å². The summed E-state index contributed by atoms with van der Waals surface area (Å²) in [6.07, 6.45) is 5.45. The van der Waals surface area contributed by atoms with E-state index in [2.05, 4.69) is 12.2 Å². The van der Waals surface area contributed by atoms with Gasteiger partial charge in [-0.05, 0) is 52.8 Å². The summed E-state index contributed by atoms with van der Waals surface area (Å²) in [5.41, 5.74) is 0.967. The molecule has 2 bridgehead atoms. The van der Waals surface area contributed by atoms with Gasteiger partial charge in [0.25, 0.3) is 11.5 Å². The van der Waals surface area contributed by atoms with Crippen molar-refractivity contribution < 1.29 is 14.3 Å². The third-order valence-corrected chi connectivity index (χ3v) is 6.57. The molecular weight excluding hydrogens is 420 g/mol. The minimum atomic E-state index is -0.391. The Kier molecular flexibility index (Phi) is 4.90. The van der Waals surface area contributed by atoms with Crippen molar-refractivity contribution in [3.05, 3.63) is 52.6 Å². The van der Waals surface area contributed by atoms with Crippen LogP contribution in [0.15, 0.2) is 41.5 Å². The summed E-state index contributed by atoms with van der Waals surface area (Å²) in [4.78, 5) is 26.0. The quantitative estimate of drug-likeness (QED) is 0.611. The summed E-state index contributed by atoms with van der Waals surface area (Å²) in [5, 5.41) is 8.43. The third-order valence-electron chi connectivity index (χ3n) is 6.57. The smallest absolute Gasteiger partial charge is 0.274 e. The topological polar surface area (TPSA) is 87.4 Å². The van der Waals surface area contributed by atoms with Gasteiger partial charge in [0, 0.05) is 42.7 Å².